The molecule has 1 aliphatic rings. The average molecular weight is 203 g/mol. The molecule has 1 aromatic carbocycles. The van der Waals surface area contributed by atoms with Gasteiger partial charge in [-0.05, 0) is 17.7 Å². The molecule has 3 nitrogen and oxygen atoms in total. The maximum atomic E-state index is 11.2. The van der Waals surface area contributed by atoms with Crippen LogP contribution >= 0.6 is 0 Å². The predicted octanol–water partition coefficient (Wildman–Crippen LogP) is 1.94. The molecule has 1 amide bonds. The van der Waals surface area contributed by atoms with Gasteiger partial charge in [0.05, 0.1) is 20.1 Å². The average Bonchev–Trinajstić information content (AvgIpc) is 2.27. The fourth-order valence-electron chi connectivity index (χ4n) is 1.56. The molecule has 1 aromatic rings. The first-order valence-corrected chi connectivity index (χ1v) is 4.82. The molecule has 0 radical (unpaired) electrons. The number of carbonyl (C=O) groups is 1. The lowest BCUT2D eigenvalue weighted by Gasteiger charge is -2.33. The maximum absolute atomic E-state index is 11.2. The van der Waals surface area contributed by atoms with Crippen LogP contribution in [0.1, 0.15) is 12.0 Å². The van der Waals surface area contributed by atoms with Gasteiger partial charge < -0.3 is 9.64 Å². The molecule has 1 aliphatic heterocycles. The molecule has 0 aliphatic carbocycles. The van der Waals surface area contributed by atoms with Gasteiger partial charge in [-0.1, -0.05) is 18.7 Å². The highest BCUT2D eigenvalue weighted by atomic mass is 16.5. The predicted molar refractivity (Wildman–Crippen MR) is 57.3 cm³/mol. The van der Waals surface area contributed by atoms with E-state index in [-0.39, 0.29) is 5.91 Å². The molecule has 0 bridgehead atoms. The van der Waals surface area contributed by atoms with E-state index in [4.69, 9.17) is 4.74 Å². The summed E-state index contributed by atoms with van der Waals surface area (Å²) >= 11 is 0. The summed E-state index contributed by atoms with van der Waals surface area (Å²) in [6.45, 7) is 4.42. The van der Waals surface area contributed by atoms with Crippen molar-refractivity contribution in [2.24, 2.45) is 0 Å². The van der Waals surface area contributed by atoms with Gasteiger partial charge in [-0.25, -0.2) is 0 Å². The maximum Gasteiger partial charge on any atom is 0.232 e. The summed E-state index contributed by atoms with van der Waals surface area (Å²) in [5, 5.41) is 0. The number of ether oxygens (including phenoxy) is 1. The molecule has 1 fully saturated rings. The Kier molecular flexibility index (Phi) is 2.46. The number of nitrogens with zero attached hydrogens (tertiary/aromatic N) is 1. The van der Waals surface area contributed by atoms with Gasteiger partial charge in [0.15, 0.2) is 0 Å². The molecule has 1 saturated heterocycles. The van der Waals surface area contributed by atoms with Crippen molar-refractivity contribution in [2.45, 2.75) is 13.0 Å². The Bertz CT molecular complexity index is 381. The zero-order valence-corrected chi connectivity index (χ0v) is 8.69. The Balaban J connectivity index is 2.04. The third-order valence-corrected chi connectivity index (χ3v) is 2.54. The normalized spacial score (nSPS) is 15.1. The second kappa shape index (κ2) is 3.77. The van der Waals surface area contributed by atoms with E-state index < -0.39 is 0 Å². The van der Waals surface area contributed by atoms with E-state index in [1.165, 1.54) is 0 Å². The van der Waals surface area contributed by atoms with Crippen molar-refractivity contribution >= 4 is 5.91 Å². The SMILES string of the molecule is C=C1CC(=O)N1Cc1ccc(OC)cc1. The Hall–Kier alpha value is -1.77. The zero-order valence-electron chi connectivity index (χ0n) is 8.69. The molecule has 0 spiro atoms. The molecule has 0 N–H and O–H groups in total. The highest BCUT2D eigenvalue weighted by molar-refractivity contribution is 5.87. The van der Waals surface area contributed by atoms with Crippen LogP contribution in [0.15, 0.2) is 36.5 Å². The number of hydrogen-bond donors (Lipinski definition) is 0. The molecule has 2 rings (SSSR count). The number of benzene rings is 1. The van der Waals surface area contributed by atoms with Crippen molar-refractivity contribution in [1.82, 2.24) is 4.90 Å². The molecular weight excluding hydrogens is 190 g/mol. The zero-order chi connectivity index (χ0) is 10.8. The summed E-state index contributed by atoms with van der Waals surface area (Å²) in [6, 6.07) is 7.69. The molecule has 78 valence electrons. The third-order valence-electron chi connectivity index (χ3n) is 2.54. The molecule has 0 saturated carbocycles. The smallest absolute Gasteiger partial charge is 0.232 e. The first-order valence-electron chi connectivity index (χ1n) is 4.82. The Morgan fingerprint density at radius 3 is 2.53 bits per heavy atom. The van der Waals surface area contributed by atoms with Crippen LogP contribution in [0.3, 0.4) is 0 Å². The van der Waals surface area contributed by atoms with Gasteiger partial charge in [-0.2, -0.15) is 0 Å². The van der Waals surface area contributed by atoms with Gasteiger partial charge in [0.25, 0.3) is 0 Å². The number of β-lactam (4-membered cyclic amide) rings is 1. The van der Waals surface area contributed by atoms with E-state index >= 15 is 0 Å². The van der Waals surface area contributed by atoms with Crippen LogP contribution in [0.5, 0.6) is 5.75 Å². The standard InChI is InChI=1S/C12H13NO2/c1-9-7-12(14)13(9)8-10-3-5-11(15-2)6-4-10/h3-6H,1,7-8H2,2H3. The minimum absolute atomic E-state index is 0.149. The monoisotopic (exact) mass is 203 g/mol. The van der Waals surface area contributed by atoms with Crippen LogP contribution in [-0.2, 0) is 11.3 Å². The molecular formula is C12H13NO2. The summed E-state index contributed by atoms with van der Waals surface area (Å²) in [7, 11) is 1.63. The second-order valence-corrected chi connectivity index (χ2v) is 3.57. The largest absolute Gasteiger partial charge is 0.497 e. The van der Waals surface area contributed by atoms with Gasteiger partial charge in [-0.15, -0.1) is 0 Å². The van der Waals surface area contributed by atoms with Crippen LogP contribution in [0.4, 0.5) is 0 Å². The number of rotatable bonds is 3. The van der Waals surface area contributed by atoms with Crippen LogP contribution in [0.25, 0.3) is 0 Å². The number of methoxy groups -OCH3 is 1. The second-order valence-electron chi connectivity index (χ2n) is 3.57. The molecule has 1 heterocycles. The summed E-state index contributed by atoms with van der Waals surface area (Å²) in [5.41, 5.74) is 1.99. The van der Waals surface area contributed by atoms with Gasteiger partial charge >= 0.3 is 0 Å². The lowest BCUT2D eigenvalue weighted by molar-refractivity contribution is -0.135. The molecule has 0 unspecified atom stereocenters. The van der Waals surface area contributed by atoms with Gasteiger partial charge in [0, 0.05) is 5.70 Å². The Morgan fingerprint density at radius 1 is 1.40 bits per heavy atom. The van der Waals surface area contributed by atoms with Crippen molar-refractivity contribution < 1.29 is 9.53 Å². The van der Waals surface area contributed by atoms with E-state index in [1.54, 1.807) is 12.0 Å². The first-order chi connectivity index (χ1) is 7.20. The fourth-order valence-corrected chi connectivity index (χ4v) is 1.56. The van der Waals surface area contributed by atoms with E-state index in [9.17, 15) is 4.79 Å². The number of hydrogen-bond acceptors (Lipinski definition) is 2. The molecule has 0 atom stereocenters. The highest BCUT2D eigenvalue weighted by Gasteiger charge is 2.27. The Morgan fingerprint density at radius 2 is 2.07 bits per heavy atom. The summed E-state index contributed by atoms with van der Waals surface area (Å²) in [4.78, 5) is 12.9. The lowest BCUT2D eigenvalue weighted by atomic mass is 10.1. The van der Waals surface area contributed by atoms with E-state index in [0.717, 1.165) is 17.0 Å². The van der Waals surface area contributed by atoms with Crippen molar-refractivity contribution in [3.63, 3.8) is 0 Å². The lowest BCUT2D eigenvalue weighted by Crippen LogP contribution is -2.39. The first kappa shape index (κ1) is 9.77. The fraction of sp³-hybridized carbons (Fsp3) is 0.250. The van der Waals surface area contributed by atoms with Crippen LogP contribution in [0, 0.1) is 0 Å². The van der Waals surface area contributed by atoms with E-state index in [2.05, 4.69) is 6.58 Å². The summed E-state index contributed by atoms with van der Waals surface area (Å²) in [5.74, 6) is 0.975. The van der Waals surface area contributed by atoms with Gasteiger partial charge in [0.2, 0.25) is 5.91 Å². The van der Waals surface area contributed by atoms with Crippen molar-refractivity contribution in [3.05, 3.63) is 42.1 Å². The van der Waals surface area contributed by atoms with E-state index in [0.29, 0.717) is 13.0 Å². The van der Waals surface area contributed by atoms with E-state index in [1.807, 2.05) is 24.3 Å². The van der Waals surface area contributed by atoms with Gasteiger partial charge in [-0.3, -0.25) is 4.79 Å². The number of likely N-dealkylation sites (tertiary alicyclic amines) is 1. The summed E-state index contributed by atoms with van der Waals surface area (Å²) < 4.78 is 5.06. The van der Waals surface area contributed by atoms with Crippen LogP contribution in [0.2, 0.25) is 0 Å². The minimum atomic E-state index is 0.149. The Labute approximate surface area is 89.0 Å². The van der Waals surface area contributed by atoms with Crippen molar-refractivity contribution in [2.75, 3.05) is 7.11 Å². The minimum Gasteiger partial charge on any atom is -0.497 e. The molecule has 15 heavy (non-hydrogen) atoms. The quantitative estimate of drug-likeness (QED) is 0.702. The topological polar surface area (TPSA) is 29.5 Å². The van der Waals surface area contributed by atoms with Crippen LogP contribution in [-0.4, -0.2) is 17.9 Å². The number of carbonyl (C=O) groups excluding carboxylic acids is 1. The van der Waals surface area contributed by atoms with Crippen molar-refractivity contribution in [1.29, 1.82) is 0 Å². The number of amides is 1. The van der Waals surface area contributed by atoms with Gasteiger partial charge in [0.1, 0.15) is 5.75 Å². The van der Waals surface area contributed by atoms with Crippen LogP contribution < -0.4 is 4.74 Å². The third kappa shape index (κ3) is 1.86. The molecule has 3 heteroatoms. The summed E-state index contributed by atoms with van der Waals surface area (Å²) in [6.07, 6.45) is 0.496. The highest BCUT2D eigenvalue weighted by Crippen LogP contribution is 2.24. The molecule has 0 aromatic heterocycles. The van der Waals surface area contributed by atoms with Crippen molar-refractivity contribution in [3.8, 4) is 5.75 Å².